The molecule has 4 rings (SSSR count). The lowest BCUT2D eigenvalue weighted by molar-refractivity contribution is 0.199. The quantitative estimate of drug-likeness (QED) is 0.532. The number of ether oxygens (including phenoxy) is 2. The molecule has 150 valence electrons. The van der Waals surface area contributed by atoms with Crippen molar-refractivity contribution in [3.05, 3.63) is 78.0 Å². The molecule has 4 heteroatoms. The van der Waals surface area contributed by atoms with Crippen LogP contribution < -0.4 is 9.47 Å². The predicted octanol–water partition coefficient (Wildman–Crippen LogP) is 5.02. The van der Waals surface area contributed by atoms with E-state index in [2.05, 4.69) is 22.0 Å². The summed E-state index contributed by atoms with van der Waals surface area (Å²) in [4.78, 5) is 7.05. The molecule has 0 bridgehead atoms. The molecule has 1 saturated heterocycles. The standard InChI is InChI=1S/C25H28N2O2/c1-20-10-11-23-24(26-20)8-5-9-25(23)29-19-17-27-15-12-21(13-16-27)14-18-28-22-6-3-2-4-7-22/h2-11,14H,12-13,15-19H2,1H3. The second kappa shape index (κ2) is 9.57. The first-order chi connectivity index (χ1) is 14.3. The molecule has 0 amide bonds. The number of rotatable bonds is 7. The van der Waals surface area contributed by atoms with Crippen LogP contribution in [0.2, 0.25) is 0 Å². The van der Waals surface area contributed by atoms with Gasteiger partial charge in [0, 0.05) is 30.7 Å². The summed E-state index contributed by atoms with van der Waals surface area (Å²) in [6.07, 6.45) is 4.46. The van der Waals surface area contributed by atoms with Crippen molar-refractivity contribution in [3.8, 4) is 11.5 Å². The molecule has 4 nitrogen and oxygen atoms in total. The maximum absolute atomic E-state index is 6.09. The molecule has 3 aromatic rings. The largest absolute Gasteiger partial charge is 0.492 e. The molecule has 0 spiro atoms. The number of piperidine rings is 1. The number of nitrogens with zero attached hydrogens (tertiary/aromatic N) is 2. The van der Waals surface area contributed by atoms with E-state index in [9.17, 15) is 0 Å². The van der Waals surface area contributed by atoms with Gasteiger partial charge in [0.1, 0.15) is 24.7 Å². The van der Waals surface area contributed by atoms with E-state index in [1.165, 1.54) is 5.57 Å². The van der Waals surface area contributed by atoms with Crippen LogP contribution in [0.1, 0.15) is 18.5 Å². The number of pyridine rings is 1. The number of likely N-dealkylation sites (tertiary alicyclic amines) is 1. The zero-order valence-electron chi connectivity index (χ0n) is 17.0. The monoisotopic (exact) mass is 388 g/mol. The number of hydrogen-bond donors (Lipinski definition) is 0. The van der Waals surface area contributed by atoms with Crippen molar-refractivity contribution in [2.24, 2.45) is 0 Å². The van der Waals surface area contributed by atoms with Crippen LogP contribution >= 0.6 is 0 Å². The molecule has 0 radical (unpaired) electrons. The fourth-order valence-corrected chi connectivity index (χ4v) is 3.68. The van der Waals surface area contributed by atoms with Crippen LogP contribution in [-0.2, 0) is 0 Å². The SMILES string of the molecule is Cc1ccc2c(OCCN3CCC(=CCOc4ccccc4)CC3)cccc2n1. The van der Waals surface area contributed by atoms with Crippen molar-refractivity contribution in [1.29, 1.82) is 0 Å². The normalized spacial score (nSPS) is 14.7. The minimum Gasteiger partial charge on any atom is -0.492 e. The first-order valence-corrected chi connectivity index (χ1v) is 10.4. The van der Waals surface area contributed by atoms with Crippen LogP contribution in [0.15, 0.2) is 72.3 Å². The molecule has 0 aliphatic carbocycles. The summed E-state index contributed by atoms with van der Waals surface area (Å²) in [5.74, 6) is 1.85. The van der Waals surface area contributed by atoms with Gasteiger partial charge >= 0.3 is 0 Å². The van der Waals surface area contributed by atoms with Crippen molar-refractivity contribution in [2.45, 2.75) is 19.8 Å². The molecular weight excluding hydrogens is 360 g/mol. The molecule has 29 heavy (non-hydrogen) atoms. The molecule has 1 aliphatic heterocycles. The van der Waals surface area contributed by atoms with Gasteiger partial charge in [-0.05, 0) is 62.2 Å². The molecular formula is C25H28N2O2. The maximum atomic E-state index is 6.09. The van der Waals surface area contributed by atoms with E-state index in [1.807, 2.05) is 61.5 Å². The van der Waals surface area contributed by atoms with E-state index >= 15 is 0 Å². The van der Waals surface area contributed by atoms with Crippen LogP contribution in [-0.4, -0.2) is 42.7 Å². The summed E-state index contributed by atoms with van der Waals surface area (Å²) in [6.45, 7) is 6.47. The molecule has 1 aromatic heterocycles. The van der Waals surface area contributed by atoms with E-state index in [0.29, 0.717) is 13.2 Å². The van der Waals surface area contributed by atoms with Gasteiger partial charge < -0.3 is 9.47 Å². The number of hydrogen-bond acceptors (Lipinski definition) is 4. The first kappa shape index (κ1) is 19.5. The third-order valence-electron chi connectivity index (χ3n) is 5.36. The molecule has 2 aromatic carbocycles. The van der Waals surface area contributed by atoms with Gasteiger partial charge in [-0.25, -0.2) is 0 Å². The lowest BCUT2D eigenvalue weighted by Crippen LogP contribution is -2.34. The van der Waals surface area contributed by atoms with E-state index in [4.69, 9.17) is 9.47 Å². The Balaban J connectivity index is 1.21. The average molecular weight is 389 g/mol. The fourth-order valence-electron chi connectivity index (χ4n) is 3.68. The molecule has 0 N–H and O–H groups in total. The summed E-state index contributed by atoms with van der Waals surface area (Å²) in [5.41, 5.74) is 3.52. The van der Waals surface area contributed by atoms with Crippen molar-refractivity contribution < 1.29 is 9.47 Å². The Bertz CT molecular complexity index is 959. The molecule has 1 fully saturated rings. The Morgan fingerprint density at radius 1 is 0.931 bits per heavy atom. The topological polar surface area (TPSA) is 34.6 Å². The van der Waals surface area contributed by atoms with E-state index < -0.39 is 0 Å². The lowest BCUT2D eigenvalue weighted by atomic mass is 10.0. The highest BCUT2D eigenvalue weighted by Gasteiger charge is 2.14. The van der Waals surface area contributed by atoms with Gasteiger partial charge in [0.25, 0.3) is 0 Å². The number of benzene rings is 2. The summed E-state index contributed by atoms with van der Waals surface area (Å²) >= 11 is 0. The second-order valence-electron chi connectivity index (χ2n) is 7.45. The zero-order chi connectivity index (χ0) is 19.9. The number of para-hydroxylation sites is 1. The fraction of sp³-hybridized carbons (Fsp3) is 0.320. The van der Waals surface area contributed by atoms with Gasteiger partial charge in [-0.3, -0.25) is 9.88 Å². The third-order valence-corrected chi connectivity index (χ3v) is 5.36. The third kappa shape index (κ3) is 5.36. The average Bonchev–Trinajstić information content (AvgIpc) is 2.75. The van der Waals surface area contributed by atoms with Crippen LogP contribution in [0, 0.1) is 6.92 Å². The van der Waals surface area contributed by atoms with Crippen LogP contribution in [0.5, 0.6) is 11.5 Å². The molecule has 0 saturated carbocycles. The Labute approximate surface area is 172 Å². The molecule has 0 atom stereocenters. The van der Waals surface area contributed by atoms with Crippen LogP contribution in [0.4, 0.5) is 0 Å². The predicted molar refractivity (Wildman–Crippen MR) is 118 cm³/mol. The van der Waals surface area contributed by atoms with Crippen LogP contribution in [0.3, 0.4) is 0 Å². The van der Waals surface area contributed by atoms with Gasteiger partial charge in [0.05, 0.1) is 5.52 Å². The smallest absolute Gasteiger partial charge is 0.128 e. The Hall–Kier alpha value is -2.85. The van der Waals surface area contributed by atoms with Gasteiger partial charge in [-0.15, -0.1) is 0 Å². The number of aryl methyl sites for hydroxylation is 1. The Morgan fingerprint density at radius 3 is 2.59 bits per heavy atom. The van der Waals surface area contributed by atoms with E-state index in [-0.39, 0.29) is 0 Å². The highest BCUT2D eigenvalue weighted by atomic mass is 16.5. The summed E-state index contributed by atoms with van der Waals surface area (Å²) in [5, 5.41) is 1.08. The van der Waals surface area contributed by atoms with E-state index in [1.54, 1.807) is 0 Å². The maximum Gasteiger partial charge on any atom is 0.128 e. The lowest BCUT2D eigenvalue weighted by Gasteiger charge is -2.28. The van der Waals surface area contributed by atoms with Crippen molar-refractivity contribution >= 4 is 10.9 Å². The molecule has 2 heterocycles. The van der Waals surface area contributed by atoms with Gasteiger partial charge in [0.2, 0.25) is 0 Å². The van der Waals surface area contributed by atoms with Crippen molar-refractivity contribution in [3.63, 3.8) is 0 Å². The Morgan fingerprint density at radius 2 is 1.76 bits per heavy atom. The highest BCUT2D eigenvalue weighted by molar-refractivity contribution is 5.85. The summed E-state index contributed by atoms with van der Waals surface area (Å²) in [7, 11) is 0. The van der Waals surface area contributed by atoms with Crippen molar-refractivity contribution in [2.75, 3.05) is 32.8 Å². The summed E-state index contributed by atoms with van der Waals surface area (Å²) in [6, 6.07) is 20.2. The number of fused-ring (bicyclic) bond motifs is 1. The van der Waals surface area contributed by atoms with E-state index in [0.717, 1.165) is 60.6 Å². The minimum atomic E-state index is 0.650. The van der Waals surface area contributed by atoms with Crippen molar-refractivity contribution in [1.82, 2.24) is 9.88 Å². The summed E-state index contributed by atoms with van der Waals surface area (Å²) < 4.78 is 11.9. The minimum absolute atomic E-state index is 0.650. The first-order valence-electron chi connectivity index (χ1n) is 10.4. The van der Waals surface area contributed by atoms with Gasteiger partial charge in [0.15, 0.2) is 0 Å². The molecule has 0 unspecified atom stereocenters. The number of aromatic nitrogens is 1. The zero-order valence-corrected chi connectivity index (χ0v) is 17.0. The second-order valence-corrected chi connectivity index (χ2v) is 7.45. The van der Waals surface area contributed by atoms with Gasteiger partial charge in [-0.1, -0.05) is 29.8 Å². The Kier molecular flexibility index (Phi) is 6.42. The molecule has 1 aliphatic rings. The van der Waals surface area contributed by atoms with Gasteiger partial charge in [-0.2, -0.15) is 0 Å². The van der Waals surface area contributed by atoms with Crippen LogP contribution in [0.25, 0.3) is 10.9 Å². The highest BCUT2D eigenvalue weighted by Crippen LogP contribution is 2.24.